The number of rotatable bonds is 4. The number of carbonyl (C=O) groups excluding carboxylic acids is 2. The van der Waals surface area contributed by atoms with Gasteiger partial charge in [0.15, 0.2) is 0 Å². The van der Waals surface area contributed by atoms with Crippen molar-refractivity contribution in [1.82, 2.24) is 0 Å². The Morgan fingerprint density at radius 1 is 1.00 bits per heavy atom. The molecule has 0 aliphatic rings. The lowest BCUT2D eigenvalue weighted by Gasteiger charge is -2.16. The number of esters is 2. The minimum absolute atomic E-state index is 0.270. The van der Waals surface area contributed by atoms with E-state index in [0.29, 0.717) is 12.0 Å². The van der Waals surface area contributed by atoms with Gasteiger partial charge in [-0.15, -0.1) is 0 Å². The molecule has 0 amide bonds. The molecule has 0 aromatic heterocycles. The van der Waals surface area contributed by atoms with E-state index in [4.69, 9.17) is 9.47 Å². The number of hydrogen-bond donors (Lipinski definition) is 0. The van der Waals surface area contributed by atoms with Gasteiger partial charge >= 0.3 is 11.9 Å². The van der Waals surface area contributed by atoms with Crippen molar-refractivity contribution < 1.29 is 19.1 Å². The van der Waals surface area contributed by atoms with E-state index in [-0.39, 0.29) is 17.9 Å². The van der Waals surface area contributed by atoms with E-state index >= 15 is 0 Å². The summed E-state index contributed by atoms with van der Waals surface area (Å²) in [5, 5.41) is 1.65. The van der Waals surface area contributed by atoms with Crippen molar-refractivity contribution in [2.75, 3.05) is 14.2 Å². The van der Waals surface area contributed by atoms with Gasteiger partial charge in [0.25, 0.3) is 0 Å². The Morgan fingerprint density at radius 3 is 2.24 bits per heavy atom. The maximum absolute atomic E-state index is 11.9. The zero-order chi connectivity index (χ0) is 15.4. The lowest BCUT2D eigenvalue weighted by atomic mass is 9.89. The van der Waals surface area contributed by atoms with Crippen LogP contribution in [0.3, 0.4) is 0 Å². The Balaban J connectivity index is 2.67. The zero-order valence-corrected chi connectivity index (χ0v) is 12.4. The predicted molar refractivity (Wildman–Crippen MR) is 80.3 cm³/mol. The van der Waals surface area contributed by atoms with Crippen LogP contribution in [0.15, 0.2) is 36.4 Å². The molecule has 2 aromatic rings. The number of hydrogen-bond acceptors (Lipinski definition) is 4. The minimum atomic E-state index is -0.385. The van der Waals surface area contributed by atoms with Crippen molar-refractivity contribution in [3.63, 3.8) is 0 Å². The van der Waals surface area contributed by atoms with Gasteiger partial charge in [-0.1, -0.05) is 37.3 Å². The largest absolute Gasteiger partial charge is 0.469 e. The smallest absolute Gasteiger partial charge is 0.338 e. The third-order valence-corrected chi connectivity index (χ3v) is 3.63. The molecule has 0 fully saturated rings. The molecule has 4 heteroatoms. The molecule has 2 aromatic carbocycles. The van der Waals surface area contributed by atoms with E-state index in [0.717, 1.165) is 16.3 Å². The van der Waals surface area contributed by atoms with Crippen molar-refractivity contribution in [3.05, 3.63) is 47.5 Å². The molecule has 0 unspecified atom stereocenters. The number of carbonyl (C=O) groups is 2. The van der Waals surface area contributed by atoms with E-state index in [2.05, 4.69) is 0 Å². The minimum Gasteiger partial charge on any atom is -0.469 e. The third-order valence-electron chi connectivity index (χ3n) is 3.63. The van der Waals surface area contributed by atoms with Crippen LogP contribution in [0.4, 0.5) is 0 Å². The first-order chi connectivity index (χ1) is 10.1. The highest BCUT2D eigenvalue weighted by Crippen LogP contribution is 2.31. The van der Waals surface area contributed by atoms with E-state index in [1.165, 1.54) is 14.2 Å². The summed E-state index contributed by atoms with van der Waals surface area (Å²) in [4.78, 5) is 23.8. The van der Waals surface area contributed by atoms with Gasteiger partial charge in [-0.2, -0.15) is 0 Å². The normalized spacial score (nSPS) is 12.0. The summed E-state index contributed by atoms with van der Waals surface area (Å²) in [6.07, 6.45) is 0.633. The summed E-state index contributed by atoms with van der Waals surface area (Å²) >= 11 is 0. The molecule has 0 spiro atoms. The molecule has 0 saturated carbocycles. The number of benzene rings is 2. The summed E-state index contributed by atoms with van der Waals surface area (Å²) in [7, 11) is 2.74. The quantitative estimate of drug-likeness (QED) is 0.809. The van der Waals surface area contributed by atoms with Crippen LogP contribution in [0, 0.1) is 0 Å². The van der Waals surface area contributed by atoms with Gasteiger partial charge in [0.2, 0.25) is 0 Å². The van der Waals surface area contributed by atoms with Crippen LogP contribution in [0.25, 0.3) is 10.8 Å². The highest BCUT2D eigenvalue weighted by molar-refractivity contribution is 6.06. The summed E-state index contributed by atoms with van der Waals surface area (Å²) in [6, 6.07) is 11.0. The molecule has 4 nitrogen and oxygen atoms in total. The summed E-state index contributed by atoms with van der Waals surface area (Å²) in [6.45, 7) is 1.94. The molecule has 2 rings (SSSR count). The molecule has 0 bridgehead atoms. The Kier molecular flexibility index (Phi) is 4.58. The van der Waals surface area contributed by atoms with Crippen LogP contribution in [-0.4, -0.2) is 26.2 Å². The number of fused-ring (bicyclic) bond motifs is 1. The van der Waals surface area contributed by atoms with E-state index in [1.54, 1.807) is 12.1 Å². The standard InChI is InChI=1S/C17H18O4/c1-4-11(16(18)20-2)14-9-10-15(17(19)21-3)13-8-6-5-7-12(13)14/h5-11H,4H2,1-3H3/t11-/m1/s1. The molecule has 110 valence electrons. The van der Waals surface area contributed by atoms with E-state index < -0.39 is 0 Å². The first kappa shape index (κ1) is 15.0. The average Bonchev–Trinajstić information content (AvgIpc) is 2.54. The van der Waals surface area contributed by atoms with Gasteiger partial charge in [-0.05, 0) is 28.8 Å². The lowest BCUT2D eigenvalue weighted by Crippen LogP contribution is -2.14. The van der Waals surface area contributed by atoms with Crippen molar-refractivity contribution in [1.29, 1.82) is 0 Å². The van der Waals surface area contributed by atoms with Crippen molar-refractivity contribution >= 4 is 22.7 Å². The average molecular weight is 286 g/mol. The van der Waals surface area contributed by atoms with Crippen LogP contribution < -0.4 is 0 Å². The molecular formula is C17H18O4. The molecule has 0 N–H and O–H groups in total. The van der Waals surface area contributed by atoms with Gasteiger partial charge in [0.1, 0.15) is 0 Å². The summed E-state index contributed by atoms with van der Waals surface area (Å²) in [5.41, 5.74) is 1.36. The fraction of sp³-hybridized carbons (Fsp3) is 0.294. The second-order valence-corrected chi connectivity index (χ2v) is 4.72. The van der Waals surface area contributed by atoms with Crippen molar-refractivity contribution in [2.24, 2.45) is 0 Å². The van der Waals surface area contributed by atoms with Crippen molar-refractivity contribution in [2.45, 2.75) is 19.3 Å². The van der Waals surface area contributed by atoms with Gasteiger partial charge in [0, 0.05) is 0 Å². The maximum Gasteiger partial charge on any atom is 0.338 e. The molecule has 0 aliphatic carbocycles. The molecular weight excluding hydrogens is 268 g/mol. The van der Waals surface area contributed by atoms with E-state index in [1.807, 2.05) is 31.2 Å². The van der Waals surface area contributed by atoms with E-state index in [9.17, 15) is 9.59 Å². The van der Waals surface area contributed by atoms with Gasteiger partial charge in [-0.25, -0.2) is 4.79 Å². The maximum atomic E-state index is 11.9. The fourth-order valence-electron chi connectivity index (χ4n) is 2.57. The predicted octanol–water partition coefficient (Wildman–Crippen LogP) is 3.29. The number of methoxy groups -OCH3 is 2. The Labute approximate surface area is 123 Å². The first-order valence-corrected chi connectivity index (χ1v) is 6.81. The highest BCUT2D eigenvalue weighted by atomic mass is 16.5. The fourth-order valence-corrected chi connectivity index (χ4v) is 2.57. The molecule has 0 heterocycles. The Bertz CT molecular complexity index is 676. The molecule has 21 heavy (non-hydrogen) atoms. The van der Waals surface area contributed by atoms with Gasteiger partial charge in [-0.3, -0.25) is 4.79 Å². The van der Waals surface area contributed by atoms with Crippen LogP contribution in [0.5, 0.6) is 0 Å². The van der Waals surface area contributed by atoms with Crippen LogP contribution in [0.2, 0.25) is 0 Å². The van der Waals surface area contributed by atoms with Gasteiger partial charge < -0.3 is 9.47 Å². The lowest BCUT2D eigenvalue weighted by molar-refractivity contribution is -0.142. The topological polar surface area (TPSA) is 52.6 Å². The monoisotopic (exact) mass is 286 g/mol. The summed E-state index contributed by atoms with van der Waals surface area (Å²) in [5.74, 6) is -0.996. The summed E-state index contributed by atoms with van der Waals surface area (Å²) < 4.78 is 9.68. The Hall–Kier alpha value is -2.36. The molecule has 1 atom stereocenters. The van der Waals surface area contributed by atoms with Gasteiger partial charge in [0.05, 0.1) is 25.7 Å². The highest BCUT2D eigenvalue weighted by Gasteiger charge is 2.23. The molecule has 0 saturated heterocycles. The van der Waals surface area contributed by atoms with Crippen LogP contribution >= 0.6 is 0 Å². The molecule has 0 radical (unpaired) electrons. The van der Waals surface area contributed by atoms with Crippen molar-refractivity contribution in [3.8, 4) is 0 Å². The first-order valence-electron chi connectivity index (χ1n) is 6.81. The molecule has 0 aliphatic heterocycles. The number of ether oxygens (including phenoxy) is 2. The second-order valence-electron chi connectivity index (χ2n) is 4.72. The zero-order valence-electron chi connectivity index (χ0n) is 12.4. The second kappa shape index (κ2) is 6.39. The SMILES string of the molecule is CC[C@@H](C(=O)OC)c1ccc(C(=O)OC)c2ccccc12. The van der Waals surface area contributed by atoms with Crippen LogP contribution in [-0.2, 0) is 14.3 Å². The van der Waals surface area contributed by atoms with Crippen LogP contribution in [0.1, 0.15) is 35.2 Å². The third kappa shape index (κ3) is 2.75. The Morgan fingerprint density at radius 2 is 1.67 bits per heavy atom.